The minimum atomic E-state index is 0.153. The second-order valence-electron chi connectivity index (χ2n) is 7.24. The smallest absolute Gasteiger partial charge is 0.0962 e. The number of hydrogen-bond acceptors (Lipinski definition) is 3. The second kappa shape index (κ2) is 6.57. The molecule has 0 saturated heterocycles. The van der Waals surface area contributed by atoms with Gasteiger partial charge in [0.15, 0.2) is 0 Å². The summed E-state index contributed by atoms with van der Waals surface area (Å²) < 4.78 is 0. The molecule has 114 valence electrons. The standard InChI is InChI=1S/C17H30N2S/c1-6-12-8-7-9-13(10-12)16-19-15(17(2,3)4)14(20-16)11-18-5/h12-13,18H,6-11H2,1-5H3. The maximum atomic E-state index is 5.07. The lowest BCUT2D eigenvalue weighted by Crippen LogP contribution is -2.17. The molecule has 1 aliphatic carbocycles. The maximum absolute atomic E-state index is 5.07. The molecule has 2 nitrogen and oxygen atoms in total. The van der Waals surface area contributed by atoms with Crippen molar-refractivity contribution in [3.8, 4) is 0 Å². The Labute approximate surface area is 128 Å². The van der Waals surface area contributed by atoms with Crippen molar-refractivity contribution in [1.82, 2.24) is 10.3 Å². The molecule has 20 heavy (non-hydrogen) atoms. The zero-order chi connectivity index (χ0) is 14.8. The van der Waals surface area contributed by atoms with Crippen molar-refractivity contribution >= 4 is 11.3 Å². The number of aromatic nitrogens is 1. The van der Waals surface area contributed by atoms with E-state index in [1.54, 1.807) is 0 Å². The van der Waals surface area contributed by atoms with Crippen LogP contribution in [0.3, 0.4) is 0 Å². The van der Waals surface area contributed by atoms with E-state index in [-0.39, 0.29) is 5.41 Å². The molecule has 1 aliphatic rings. The summed E-state index contributed by atoms with van der Waals surface area (Å²) in [7, 11) is 2.03. The molecule has 1 fully saturated rings. The Kier molecular flexibility index (Phi) is 5.25. The molecule has 0 spiro atoms. The molecule has 1 saturated carbocycles. The highest BCUT2D eigenvalue weighted by atomic mass is 32.1. The summed E-state index contributed by atoms with van der Waals surface area (Å²) in [6.07, 6.45) is 6.83. The number of rotatable bonds is 4. The van der Waals surface area contributed by atoms with Gasteiger partial charge in [0.2, 0.25) is 0 Å². The average molecular weight is 295 g/mol. The monoisotopic (exact) mass is 294 g/mol. The highest BCUT2D eigenvalue weighted by Gasteiger charge is 2.28. The van der Waals surface area contributed by atoms with Gasteiger partial charge in [-0.15, -0.1) is 11.3 Å². The first-order valence-corrected chi connectivity index (χ1v) is 8.92. The van der Waals surface area contributed by atoms with Crippen LogP contribution in [0.25, 0.3) is 0 Å². The van der Waals surface area contributed by atoms with Crippen molar-refractivity contribution < 1.29 is 0 Å². The van der Waals surface area contributed by atoms with Crippen molar-refractivity contribution in [2.75, 3.05) is 7.05 Å². The van der Waals surface area contributed by atoms with Gasteiger partial charge in [-0.3, -0.25) is 0 Å². The Morgan fingerprint density at radius 2 is 2.05 bits per heavy atom. The van der Waals surface area contributed by atoms with Crippen molar-refractivity contribution in [3.05, 3.63) is 15.6 Å². The largest absolute Gasteiger partial charge is 0.315 e. The Morgan fingerprint density at radius 3 is 2.65 bits per heavy atom. The first-order valence-electron chi connectivity index (χ1n) is 8.10. The minimum absolute atomic E-state index is 0.153. The quantitative estimate of drug-likeness (QED) is 0.859. The van der Waals surface area contributed by atoms with Gasteiger partial charge in [0.1, 0.15) is 0 Å². The van der Waals surface area contributed by atoms with Crippen LogP contribution in [0.4, 0.5) is 0 Å². The molecule has 0 radical (unpaired) electrons. The number of hydrogen-bond donors (Lipinski definition) is 1. The summed E-state index contributed by atoms with van der Waals surface area (Å²) in [5.41, 5.74) is 1.46. The lowest BCUT2D eigenvalue weighted by Gasteiger charge is -2.27. The van der Waals surface area contributed by atoms with Crippen molar-refractivity contribution in [2.24, 2.45) is 5.92 Å². The molecule has 1 heterocycles. The second-order valence-corrected chi connectivity index (χ2v) is 8.36. The van der Waals surface area contributed by atoms with Gasteiger partial charge in [0, 0.05) is 22.8 Å². The van der Waals surface area contributed by atoms with Crippen LogP contribution in [0.15, 0.2) is 0 Å². The number of thiazole rings is 1. The van der Waals surface area contributed by atoms with Gasteiger partial charge in [-0.2, -0.15) is 0 Å². The predicted molar refractivity (Wildman–Crippen MR) is 88.6 cm³/mol. The molecule has 3 heteroatoms. The molecule has 1 aromatic rings. The van der Waals surface area contributed by atoms with Gasteiger partial charge in [-0.25, -0.2) is 4.98 Å². The fourth-order valence-corrected chi connectivity index (χ4v) is 4.73. The van der Waals surface area contributed by atoms with Crippen LogP contribution in [0.2, 0.25) is 0 Å². The molecule has 2 rings (SSSR count). The van der Waals surface area contributed by atoms with Crippen LogP contribution in [0.5, 0.6) is 0 Å². The molecule has 1 N–H and O–H groups in total. The summed E-state index contributed by atoms with van der Waals surface area (Å²) >= 11 is 1.96. The summed E-state index contributed by atoms with van der Waals surface area (Å²) in [5.74, 6) is 1.63. The van der Waals surface area contributed by atoms with E-state index < -0.39 is 0 Å². The first kappa shape index (κ1) is 16.0. The molecule has 0 aromatic carbocycles. The van der Waals surface area contributed by atoms with E-state index in [9.17, 15) is 0 Å². The van der Waals surface area contributed by atoms with Crippen molar-refractivity contribution in [1.29, 1.82) is 0 Å². The lowest BCUT2D eigenvalue weighted by atomic mass is 9.80. The predicted octanol–water partition coefficient (Wildman–Crippen LogP) is 4.84. The molecule has 1 aromatic heterocycles. The Morgan fingerprint density at radius 1 is 1.30 bits per heavy atom. The third-order valence-electron chi connectivity index (χ3n) is 4.47. The first-order chi connectivity index (χ1) is 9.45. The fourth-order valence-electron chi connectivity index (χ4n) is 3.30. The molecule has 2 atom stereocenters. The van der Waals surface area contributed by atoms with E-state index >= 15 is 0 Å². The van der Waals surface area contributed by atoms with Gasteiger partial charge >= 0.3 is 0 Å². The normalized spacial score (nSPS) is 24.1. The zero-order valence-electron chi connectivity index (χ0n) is 13.8. The average Bonchev–Trinajstić information content (AvgIpc) is 2.83. The van der Waals surface area contributed by atoms with E-state index in [1.165, 1.54) is 47.7 Å². The van der Waals surface area contributed by atoms with E-state index in [1.807, 2.05) is 18.4 Å². The summed E-state index contributed by atoms with van der Waals surface area (Å²) in [6.45, 7) is 10.1. The van der Waals surface area contributed by atoms with E-state index in [0.29, 0.717) is 5.92 Å². The van der Waals surface area contributed by atoms with Crippen LogP contribution in [0, 0.1) is 5.92 Å². The van der Waals surface area contributed by atoms with E-state index in [0.717, 1.165) is 12.5 Å². The van der Waals surface area contributed by atoms with Gasteiger partial charge in [0.25, 0.3) is 0 Å². The highest BCUT2D eigenvalue weighted by molar-refractivity contribution is 7.11. The maximum Gasteiger partial charge on any atom is 0.0962 e. The number of nitrogens with one attached hydrogen (secondary N) is 1. The lowest BCUT2D eigenvalue weighted by molar-refractivity contribution is 0.313. The molecular formula is C17H30N2S. The summed E-state index contributed by atoms with van der Waals surface area (Å²) in [4.78, 5) is 6.51. The Bertz CT molecular complexity index is 431. The van der Waals surface area contributed by atoms with Crippen LogP contribution in [-0.2, 0) is 12.0 Å². The van der Waals surface area contributed by atoms with Gasteiger partial charge in [-0.05, 0) is 25.8 Å². The molecule has 0 aliphatic heterocycles. The third kappa shape index (κ3) is 3.62. The van der Waals surface area contributed by atoms with Gasteiger partial charge in [-0.1, -0.05) is 47.0 Å². The third-order valence-corrected chi connectivity index (χ3v) is 5.69. The molecule has 0 amide bonds. The molecule has 0 bridgehead atoms. The number of nitrogens with zero attached hydrogens (tertiary/aromatic N) is 1. The Balaban J connectivity index is 2.24. The van der Waals surface area contributed by atoms with E-state index in [4.69, 9.17) is 4.98 Å². The SMILES string of the molecule is CCC1CCCC(c2nc(C(C)(C)C)c(CNC)s2)C1. The highest BCUT2D eigenvalue weighted by Crippen LogP contribution is 2.41. The van der Waals surface area contributed by atoms with Crippen LogP contribution >= 0.6 is 11.3 Å². The fraction of sp³-hybridized carbons (Fsp3) is 0.824. The van der Waals surface area contributed by atoms with Gasteiger partial charge in [0.05, 0.1) is 10.7 Å². The van der Waals surface area contributed by atoms with Crippen molar-refractivity contribution in [2.45, 2.75) is 77.7 Å². The van der Waals surface area contributed by atoms with Crippen LogP contribution < -0.4 is 5.32 Å². The van der Waals surface area contributed by atoms with E-state index in [2.05, 4.69) is 33.0 Å². The summed E-state index contributed by atoms with van der Waals surface area (Å²) in [6, 6.07) is 0. The van der Waals surface area contributed by atoms with Gasteiger partial charge < -0.3 is 5.32 Å². The molecular weight excluding hydrogens is 264 g/mol. The van der Waals surface area contributed by atoms with Crippen LogP contribution in [0.1, 0.15) is 81.3 Å². The van der Waals surface area contributed by atoms with Crippen molar-refractivity contribution in [3.63, 3.8) is 0 Å². The Hall–Kier alpha value is -0.410. The molecule has 2 unspecified atom stereocenters. The minimum Gasteiger partial charge on any atom is -0.315 e. The summed E-state index contributed by atoms with van der Waals surface area (Å²) in [5, 5.41) is 4.70. The zero-order valence-corrected chi connectivity index (χ0v) is 14.6. The topological polar surface area (TPSA) is 24.9 Å². The van der Waals surface area contributed by atoms with Crippen LogP contribution in [-0.4, -0.2) is 12.0 Å².